The van der Waals surface area contributed by atoms with Crippen molar-refractivity contribution in [3.63, 3.8) is 0 Å². The monoisotopic (exact) mass is 494 g/mol. The number of carbonyl (C=O) groups is 1. The number of hydrogen-bond acceptors (Lipinski definition) is 4. The molecule has 0 saturated heterocycles. The smallest absolute Gasteiger partial charge is 0.266 e. The molecule has 0 atom stereocenters. The van der Waals surface area contributed by atoms with E-state index in [4.69, 9.17) is 11.6 Å². The summed E-state index contributed by atoms with van der Waals surface area (Å²) in [5.74, 6) is -0.396. The summed E-state index contributed by atoms with van der Waals surface area (Å²) < 4.78 is 30.0. The number of sulfonamides is 1. The van der Waals surface area contributed by atoms with Crippen molar-refractivity contribution in [3.05, 3.63) is 108 Å². The zero-order valence-corrected chi connectivity index (χ0v) is 19.8. The summed E-state index contributed by atoms with van der Waals surface area (Å²) in [6, 6.07) is 18.6. The molecule has 0 bridgehead atoms. The van der Waals surface area contributed by atoms with Gasteiger partial charge in [-0.2, -0.15) is 0 Å². The molecule has 9 heteroatoms. The van der Waals surface area contributed by atoms with E-state index in [9.17, 15) is 13.2 Å². The minimum absolute atomic E-state index is 0.0336. The molecule has 0 spiro atoms. The lowest BCUT2D eigenvalue weighted by Crippen LogP contribution is -2.32. The number of hydrogen-bond donors (Lipinski definition) is 1. The Hall–Kier alpha value is -3.62. The van der Waals surface area contributed by atoms with Crippen LogP contribution in [0.15, 0.2) is 96.7 Å². The zero-order chi connectivity index (χ0) is 24.1. The van der Waals surface area contributed by atoms with Crippen LogP contribution in [0.5, 0.6) is 0 Å². The van der Waals surface area contributed by atoms with Crippen molar-refractivity contribution >= 4 is 38.9 Å². The number of rotatable bonds is 9. The first kappa shape index (κ1) is 23.5. The van der Waals surface area contributed by atoms with Crippen LogP contribution in [0.25, 0.3) is 5.65 Å². The minimum Gasteiger partial charge on any atom is -0.352 e. The Labute approximate surface area is 203 Å². The first-order valence-electron chi connectivity index (χ1n) is 10.6. The molecule has 7 nitrogen and oxygen atoms in total. The fraction of sp³-hybridized carbons (Fsp3) is 0.120. The lowest BCUT2D eigenvalue weighted by Gasteiger charge is -2.24. The molecular formula is C25H23ClN4O3S. The summed E-state index contributed by atoms with van der Waals surface area (Å²) in [6.07, 6.45) is 5.85. The molecule has 4 aromatic rings. The van der Waals surface area contributed by atoms with Gasteiger partial charge in [0.25, 0.3) is 15.9 Å². The Morgan fingerprint density at radius 2 is 1.88 bits per heavy atom. The molecule has 0 unspecified atom stereocenters. The molecular weight excluding hydrogens is 472 g/mol. The average molecular weight is 495 g/mol. The summed E-state index contributed by atoms with van der Waals surface area (Å²) in [5, 5.41) is 2.85. The Kier molecular flexibility index (Phi) is 7.00. The normalized spacial score (nSPS) is 11.3. The van der Waals surface area contributed by atoms with E-state index in [-0.39, 0.29) is 22.0 Å². The zero-order valence-electron chi connectivity index (χ0n) is 18.3. The van der Waals surface area contributed by atoms with Gasteiger partial charge in [-0.15, -0.1) is 6.58 Å². The maximum absolute atomic E-state index is 13.5. The molecule has 2 aromatic heterocycles. The lowest BCUT2D eigenvalue weighted by atomic mass is 10.2. The van der Waals surface area contributed by atoms with Crippen LogP contribution in [0, 0.1) is 0 Å². The number of pyridine rings is 1. The van der Waals surface area contributed by atoms with Crippen molar-refractivity contribution in [2.24, 2.45) is 0 Å². The van der Waals surface area contributed by atoms with E-state index in [1.165, 1.54) is 28.6 Å². The fourth-order valence-electron chi connectivity index (χ4n) is 3.53. The molecule has 0 aliphatic heterocycles. The van der Waals surface area contributed by atoms with E-state index in [1.54, 1.807) is 30.3 Å². The van der Waals surface area contributed by atoms with Crippen molar-refractivity contribution in [3.8, 4) is 0 Å². The fourth-order valence-corrected chi connectivity index (χ4v) is 5.47. The second kappa shape index (κ2) is 10.1. The van der Waals surface area contributed by atoms with E-state index in [2.05, 4.69) is 16.9 Å². The van der Waals surface area contributed by atoms with Crippen molar-refractivity contribution in [1.29, 1.82) is 0 Å². The Morgan fingerprint density at radius 1 is 1.12 bits per heavy atom. The number of amides is 1. The molecule has 0 radical (unpaired) electrons. The number of anilines is 1. The van der Waals surface area contributed by atoms with Crippen molar-refractivity contribution in [1.82, 2.24) is 14.7 Å². The summed E-state index contributed by atoms with van der Waals surface area (Å²) >= 11 is 6.27. The number of benzene rings is 2. The number of carbonyl (C=O) groups excluding carboxylic acids is 1. The van der Waals surface area contributed by atoms with E-state index < -0.39 is 15.9 Å². The largest absolute Gasteiger partial charge is 0.352 e. The summed E-state index contributed by atoms with van der Waals surface area (Å²) in [4.78, 5) is 17.1. The van der Waals surface area contributed by atoms with Gasteiger partial charge in [0, 0.05) is 30.9 Å². The van der Waals surface area contributed by atoms with E-state index in [0.717, 1.165) is 11.3 Å². The van der Waals surface area contributed by atoms with Crippen molar-refractivity contribution in [2.45, 2.75) is 11.3 Å². The van der Waals surface area contributed by atoms with E-state index >= 15 is 0 Å². The first-order chi connectivity index (χ1) is 16.4. The summed E-state index contributed by atoms with van der Waals surface area (Å²) in [5.41, 5.74) is 2.35. The van der Waals surface area contributed by atoms with Crippen LogP contribution in [0.1, 0.15) is 16.1 Å². The van der Waals surface area contributed by atoms with Crippen LogP contribution >= 0.6 is 11.6 Å². The number of imidazole rings is 1. The molecule has 0 fully saturated rings. The third-order valence-corrected chi connectivity index (χ3v) is 7.46. The predicted octanol–water partition coefficient (Wildman–Crippen LogP) is 4.34. The molecule has 34 heavy (non-hydrogen) atoms. The van der Waals surface area contributed by atoms with Gasteiger partial charge in [0.2, 0.25) is 0 Å². The lowest BCUT2D eigenvalue weighted by molar-refractivity contribution is 0.0954. The molecule has 0 aliphatic rings. The van der Waals surface area contributed by atoms with Crippen molar-refractivity contribution in [2.75, 3.05) is 17.4 Å². The second-order valence-electron chi connectivity index (χ2n) is 7.51. The van der Waals surface area contributed by atoms with Crippen LogP contribution in [0.3, 0.4) is 0 Å². The highest BCUT2D eigenvalue weighted by molar-refractivity contribution is 7.93. The maximum Gasteiger partial charge on any atom is 0.266 e. The average Bonchev–Trinajstić information content (AvgIpc) is 3.26. The van der Waals surface area contributed by atoms with Gasteiger partial charge in [-0.05, 0) is 42.5 Å². The topological polar surface area (TPSA) is 83.8 Å². The Bertz CT molecular complexity index is 1400. The molecule has 0 saturated carbocycles. The van der Waals surface area contributed by atoms with Crippen LogP contribution in [-0.2, 0) is 16.4 Å². The van der Waals surface area contributed by atoms with Gasteiger partial charge in [-0.1, -0.05) is 41.9 Å². The quantitative estimate of drug-likeness (QED) is 0.351. The van der Waals surface area contributed by atoms with Crippen LogP contribution in [-0.4, -0.2) is 36.8 Å². The third-order valence-electron chi connectivity index (χ3n) is 5.18. The van der Waals surface area contributed by atoms with Crippen molar-refractivity contribution < 1.29 is 13.2 Å². The molecule has 0 aliphatic carbocycles. The third kappa shape index (κ3) is 4.98. The van der Waals surface area contributed by atoms with E-state index in [0.29, 0.717) is 18.7 Å². The molecule has 1 N–H and O–H groups in total. The number of aromatic nitrogens is 2. The highest BCUT2D eigenvalue weighted by Crippen LogP contribution is 2.29. The van der Waals surface area contributed by atoms with Crippen LogP contribution in [0.2, 0.25) is 5.02 Å². The second-order valence-corrected chi connectivity index (χ2v) is 9.75. The van der Waals surface area contributed by atoms with Gasteiger partial charge in [0.15, 0.2) is 0 Å². The number of fused-ring (bicyclic) bond motifs is 1. The Morgan fingerprint density at radius 3 is 2.62 bits per heavy atom. The molecule has 4 rings (SSSR count). The summed E-state index contributed by atoms with van der Waals surface area (Å²) in [7, 11) is -4.04. The van der Waals surface area contributed by atoms with Crippen LogP contribution in [0.4, 0.5) is 5.69 Å². The van der Waals surface area contributed by atoms with Gasteiger partial charge < -0.3 is 9.72 Å². The van der Waals surface area contributed by atoms with Gasteiger partial charge in [0.1, 0.15) is 10.5 Å². The number of nitrogens with zero attached hydrogens (tertiary/aromatic N) is 3. The van der Waals surface area contributed by atoms with Gasteiger partial charge in [-0.3, -0.25) is 9.10 Å². The SMILES string of the molecule is C=CCN(c1ccccc1)S(=O)(=O)c1cc(C(=O)NCCc2cn3ccccc3n2)ccc1Cl. The number of para-hydroxylation sites is 1. The number of halogens is 1. The molecule has 1 amide bonds. The van der Waals surface area contributed by atoms with E-state index in [1.807, 2.05) is 35.0 Å². The van der Waals surface area contributed by atoms with Gasteiger partial charge in [0.05, 0.1) is 22.9 Å². The standard InChI is InChI=1S/C25H23ClN4O3S/c1-2-15-30(21-8-4-3-5-9-21)34(32,33)23-17-19(11-12-22(23)26)25(31)27-14-13-20-18-29-16-7-6-10-24(29)28-20/h2-12,16-18H,1,13-15H2,(H,27,31). The predicted molar refractivity (Wildman–Crippen MR) is 134 cm³/mol. The minimum atomic E-state index is -4.04. The highest BCUT2D eigenvalue weighted by Gasteiger charge is 2.27. The highest BCUT2D eigenvalue weighted by atomic mass is 35.5. The van der Waals surface area contributed by atoms with Gasteiger partial charge >= 0.3 is 0 Å². The Balaban J connectivity index is 1.52. The maximum atomic E-state index is 13.5. The number of nitrogens with one attached hydrogen (secondary N) is 1. The van der Waals surface area contributed by atoms with Crippen LogP contribution < -0.4 is 9.62 Å². The molecule has 2 heterocycles. The first-order valence-corrected chi connectivity index (χ1v) is 12.4. The summed E-state index contributed by atoms with van der Waals surface area (Å²) in [6.45, 7) is 4.07. The molecule has 2 aromatic carbocycles. The van der Waals surface area contributed by atoms with Gasteiger partial charge in [-0.25, -0.2) is 13.4 Å². The molecule has 174 valence electrons.